The van der Waals surface area contributed by atoms with Crippen LogP contribution in [0.25, 0.3) is 0 Å². The van der Waals surface area contributed by atoms with E-state index in [0.29, 0.717) is 5.17 Å². The molecule has 30 heavy (non-hydrogen) atoms. The monoisotopic (exact) mass is 449 g/mol. The summed E-state index contributed by atoms with van der Waals surface area (Å²) >= 11 is 1.46. The van der Waals surface area contributed by atoms with Crippen molar-refractivity contribution in [2.24, 2.45) is 10.9 Å². The SMILES string of the molecule is CCN(CC)c1ccc(N2C(=NC(=O)C3CCCCC3)S[C@@H]3CS(=O)(=O)C[C@@H]32)cc1. The molecule has 8 heteroatoms. The van der Waals surface area contributed by atoms with Gasteiger partial charge in [-0.25, -0.2) is 8.42 Å². The minimum atomic E-state index is -3.06. The highest BCUT2D eigenvalue weighted by Crippen LogP contribution is 2.41. The summed E-state index contributed by atoms with van der Waals surface area (Å²) in [6.07, 6.45) is 5.21. The summed E-state index contributed by atoms with van der Waals surface area (Å²) in [5.74, 6) is 0.263. The first-order valence-electron chi connectivity index (χ1n) is 11.1. The zero-order chi connectivity index (χ0) is 21.3. The Morgan fingerprint density at radius 3 is 2.40 bits per heavy atom. The van der Waals surface area contributed by atoms with Gasteiger partial charge in [-0.05, 0) is 51.0 Å². The second-order valence-electron chi connectivity index (χ2n) is 8.43. The zero-order valence-corrected chi connectivity index (χ0v) is 19.4. The average molecular weight is 450 g/mol. The maximum atomic E-state index is 12.8. The third-order valence-electron chi connectivity index (χ3n) is 6.48. The molecule has 2 heterocycles. The summed E-state index contributed by atoms with van der Waals surface area (Å²) in [5, 5.41) is 0.612. The van der Waals surface area contributed by atoms with Crippen LogP contribution in [0.4, 0.5) is 11.4 Å². The number of hydrogen-bond donors (Lipinski definition) is 0. The van der Waals surface area contributed by atoms with Crippen molar-refractivity contribution in [1.82, 2.24) is 0 Å². The van der Waals surface area contributed by atoms with Gasteiger partial charge in [0.05, 0.1) is 17.5 Å². The fraction of sp³-hybridized carbons (Fsp3) is 0.636. The third kappa shape index (κ3) is 4.40. The second kappa shape index (κ2) is 8.91. The molecule has 2 aliphatic heterocycles. The fourth-order valence-electron chi connectivity index (χ4n) is 4.81. The number of nitrogens with zero attached hydrogens (tertiary/aromatic N) is 3. The van der Waals surface area contributed by atoms with E-state index in [0.717, 1.165) is 50.1 Å². The van der Waals surface area contributed by atoms with E-state index in [2.05, 4.69) is 35.9 Å². The van der Waals surface area contributed by atoms with Gasteiger partial charge in [0.2, 0.25) is 0 Å². The molecule has 1 saturated carbocycles. The summed E-state index contributed by atoms with van der Waals surface area (Å²) < 4.78 is 24.5. The van der Waals surface area contributed by atoms with Gasteiger partial charge in [-0.3, -0.25) is 4.79 Å². The van der Waals surface area contributed by atoms with Crippen LogP contribution in [0.1, 0.15) is 46.0 Å². The largest absolute Gasteiger partial charge is 0.372 e. The summed E-state index contributed by atoms with van der Waals surface area (Å²) in [4.78, 5) is 21.7. The van der Waals surface area contributed by atoms with Crippen LogP contribution in [0.15, 0.2) is 29.3 Å². The van der Waals surface area contributed by atoms with E-state index in [4.69, 9.17) is 0 Å². The van der Waals surface area contributed by atoms with Gasteiger partial charge < -0.3 is 9.80 Å². The van der Waals surface area contributed by atoms with Crippen LogP contribution in [-0.2, 0) is 14.6 Å². The van der Waals surface area contributed by atoms with Crippen LogP contribution >= 0.6 is 11.8 Å². The average Bonchev–Trinajstić information content (AvgIpc) is 3.21. The predicted molar refractivity (Wildman–Crippen MR) is 125 cm³/mol. The highest BCUT2D eigenvalue weighted by atomic mass is 32.2. The molecule has 6 nitrogen and oxygen atoms in total. The number of hydrogen-bond acceptors (Lipinski definition) is 5. The first-order valence-corrected chi connectivity index (χ1v) is 13.8. The van der Waals surface area contributed by atoms with Crippen LogP contribution in [0.5, 0.6) is 0 Å². The normalized spacial score (nSPS) is 27.4. The zero-order valence-electron chi connectivity index (χ0n) is 17.8. The van der Waals surface area contributed by atoms with E-state index in [1.54, 1.807) is 0 Å². The maximum Gasteiger partial charge on any atom is 0.251 e. The number of rotatable bonds is 5. The molecule has 2 saturated heterocycles. The lowest BCUT2D eigenvalue weighted by molar-refractivity contribution is -0.122. The minimum absolute atomic E-state index is 0.0166. The van der Waals surface area contributed by atoms with Crippen molar-refractivity contribution in [3.63, 3.8) is 0 Å². The number of thioether (sulfide) groups is 1. The van der Waals surface area contributed by atoms with Crippen molar-refractivity contribution in [2.75, 3.05) is 34.4 Å². The number of benzene rings is 1. The lowest BCUT2D eigenvalue weighted by Gasteiger charge is -2.27. The Morgan fingerprint density at radius 2 is 1.77 bits per heavy atom. The van der Waals surface area contributed by atoms with E-state index in [1.165, 1.54) is 18.2 Å². The first-order chi connectivity index (χ1) is 14.4. The molecule has 164 valence electrons. The summed E-state index contributed by atoms with van der Waals surface area (Å²) in [5.41, 5.74) is 2.06. The number of carbonyl (C=O) groups excluding carboxylic acids is 1. The Morgan fingerprint density at radius 1 is 1.10 bits per heavy atom. The Hall–Kier alpha value is -1.54. The number of anilines is 2. The summed E-state index contributed by atoms with van der Waals surface area (Å²) in [7, 11) is -3.06. The van der Waals surface area contributed by atoms with Crippen molar-refractivity contribution < 1.29 is 13.2 Å². The Balaban J connectivity index is 1.63. The molecule has 4 rings (SSSR count). The minimum Gasteiger partial charge on any atom is -0.372 e. The molecule has 0 radical (unpaired) electrons. The predicted octanol–water partition coefficient (Wildman–Crippen LogP) is 3.71. The quantitative estimate of drug-likeness (QED) is 0.682. The smallest absolute Gasteiger partial charge is 0.251 e. The molecule has 0 unspecified atom stereocenters. The van der Waals surface area contributed by atoms with Gasteiger partial charge in [0, 0.05) is 35.6 Å². The molecule has 1 aromatic rings. The van der Waals surface area contributed by atoms with Crippen molar-refractivity contribution in [3.8, 4) is 0 Å². The Kier molecular flexibility index (Phi) is 6.44. The number of carbonyl (C=O) groups is 1. The van der Waals surface area contributed by atoms with Gasteiger partial charge in [0.25, 0.3) is 5.91 Å². The van der Waals surface area contributed by atoms with Crippen LogP contribution in [0, 0.1) is 5.92 Å². The molecule has 1 aliphatic carbocycles. The molecule has 0 aromatic heterocycles. The lowest BCUT2D eigenvalue weighted by Crippen LogP contribution is -2.38. The van der Waals surface area contributed by atoms with Gasteiger partial charge in [-0.2, -0.15) is 4.99 Å². The summed E-state index contributed by atoms with van der Waals surface area (Å²) in [6, 6.07) is 8.05. The first kappa shape index (κ1) is 21.7. The molecule has 0 spiro atoms. The molecule has 1 aromatic carbocycles. The third-order valence-corrected chi connectivity index (χ3v) is 9.69. The maximum absolute atomic E-state index is 12.8. The molecule has 0 N–H and O–H groups in total. The molecule has 2 atom stereocenters. The molecule has 1 amide bonds. The van der Waals surface area contributed by atoms with Gasteiger partial charge in [-0.1, -0.05) is 31.0 Å². The van der Waals surface area contributed by atoms with E-state index in [9.17, 15) is 13.2 Å². The van der Waals surface area contributed by atoms with E-state index >= 15 is 0 Å². The van der Waals surface area contributed by atoms with Crippen LogP contribution < -0.4 is 9.80 Å². The van der Waals surface area contributed by atoms with Crippen molar-refractivity contribution >= 4 is 44.0 Å². The van der Waals surface area contributed by atoms with Crippen molar-refractivity contribution in [3.05, 3.63) is 24.3 Å². The fourth-order valence-corrected chi connectivity index (χ4v) is 8.73. The van der Waals surface area contributed by atoms with Gasteiger partial charge >= 0.3 is 0 Å². The molecular weight excluding hydrogens is 418 g/mol. The van der Waals surface area contributed by atoms with Crippen LogP contribution in [0.3, 0.4) is 0 Å². The molecule has 3 fully saturated rings. The van der Waals surface area contributed by atoms with Crippen molar-refractivity contribution in [1.29, 1.82) is 0 Å². The molecule has 3 aliphatic rings. The Bertz CT molecular complexity index is 904. The topological polar surface area (TPSA) is 70.0 Å². The summed E-state index contributed by atoms with van der Waals surface area (Å²) in [6.45, 7) is 6.12. The number of sulfone groups is 1. The number of amidine groups is 1. The van der Waals surface area contributed by atoms with Gasteiger partial charge in [0.1, 0.15) is 0 Å². The number of fused-ring (bicyclic) bond motifs is 1. The van der Waals surface area contributed by atoms with Gasteiger partial charge in [-0.15, -0.1) is 0 Å². The highest BCUT2D eigenvalue weighted by Gasteiger charge is 2.49. The second-order valence-corrected chi connectivity index (χ2v) is 11.8. The molecule has 0 bridgehead atoms. The highest BCUT2D eigenvalue weighted by molar-refractivity contribution is 8.16. The van der Waals surface area contributed by atoms with Gasteiger partial charge in [0.15, 0.2) is 15.0 Å². The van der Waals surface area contributed by atoms with E-state index in [1.807, 2.05) is 17.0 Å². The lowest BCUT2D eigenvalue weighted by atomic mass is 9.89. The Labute approximate surface area is 184 Å². The van der Waals surface area contributed by atoms with Crippen LogP contribution in [-0.4, -0.2) is 55.4 Å². The van der Waals surface area contributed by atoms with E-state index in [-0.39, 0.29) is 34.6 Å². The molecular formula is C22H31N3O3S2. The number of aliphatic imine (C=N–C) groups is 1. The van der Waals surface area contributed by atoms with Crippen LogP contribution in [0.2, 0.25) is 0 Å². The standard InChI is InChI=1S/C22H31N3O3S2/c1-3-24(4-2)17-10-12-18(13-11-17)25-19-14-30(27,28)15-20(19)29-22(25)23-21(26)16-8-6-5-7-9-16/h10-13,16,19-20H,3-9,14-15H2,1-2H3/t19-,20+/m0/s1. The number of amides is 1. The van der Waals surface area contributed by atoms with Crippen molar-refractivity contribution in [2.45, 2.75) is 57.2 Å². The van der Waals surface area contributed by atoms with E-state index < -0.39 is 9.84 Å².